The van der Waals surface area contributed by atoms with Crippen molar-refractivity contribution in [2.75, 3.05) is 39.0 Å². The second kappa shape index (κ2) is 5.48. The minimum Gasteiger partial charge on any atom is -0.396 e. The topological polar surface area (TPSA) is 70.5 Å². The molecule has 1 aliphatic heterocycles. The molecule has 0 bridgehead atoms. The highest BCUT2D eigenvalue weighted by molar-refractivity contribution is 5.30. The van der Waals surface area contributed by atoms with Crippen molar-refractivity contribution in [3.8, 4) is 0 Å². The van der Waals surface area contributed by atoms with Crippen molar-refractivity contribution >= 4 is 5.69 Å². The molecule has 1 aromatic heterocycles. The molecular weight excluding hydrogens is 242 g/mol. The summed E-state index contributed by atoms with van der Waals surface area (Å²) in [7, 11) is 2.15. The van der Waals surface area contributed by atoms with Gasteiger partial charge in [-0.05, 0) is 20.9 Å². The summed E-state index contributed by atoms with van der Waals surface area (Å²) in [6, 6.07) is 0. The molecule has 1 atom stereocenters. The van der Waals surface area contributed by atoms with E-state index in [-0.39, 0.29) is 5.54 Å². The lowest BCUT2D eigenvalue weighted by molar-refractivity contribution is 0.0104. The molecule has 0 radical (unpaired) electrons. The molecule has 1 fully saturated rings. The van der Waals surface area contributed by atoms with Crippen LogP contribution in [0.4, 0.5) is 5.69 Å². The minimum absolute atomic E-state index is 0.161. The Morgan fingerprint density at radius 1 is 1.42 bits per heavy atom. The number of β-amino-alcohol motifs (C(OH)–C–C–N with tert-alkyl or cyclic N) is 1. The van der Waals surface area contributed by atoms with Crippen molar-refractivity contribution in [3.05, 3.63) is 12.4 Å². The molecule has 0 aliphatic carbocycles. The highest BCUT2D eigenvalue weighted by Gasteiger charge is 2.31. The van der Waals surface area contributed by atoms with Crippen LogP contribution in [0.1, 0.15) is 13.8 Å². The van der Waals surface area contributed by atoms with E-state index in [9.17, 15) is 5.11 Å². The van der Waals surface area contributed by atoms with Crippen LogP contribution in [0.25, 0.3) is 0 Å². The lowest BCUT2D eigenvalue weighted by Crippen LogP contribution is -2.58. The molecule has 0 saturated carbocycles. The Balaban J connectivity index is 1.84. The van der Waals surface area contributed by atoms with Crippen molar-refractivity contribution < 1.29 is 5.11 Å². The first-order valence-electron chi connectivity index (χ1n) is 6.76. The average molecular weight is 267 g/mol. The Morgan fingerprint density at radius 2 is 2.16 bits per heavy atom. The van der Waals surface area contributed by atoms with Crippen molar-refractivity contribution in [2.24, 2.45) is 0 Å². The molecule has 1 aromatic rings. The van der Waals surface area contributed by atoms with E-state index >= 15 is 0 Å². The van der Waals surface area contributed by atoms with E-state index < -0.39 is 6.10 Å². The Kier molecular flexibility index (Phi) is 4.13. The predicted molar refractivity (Wildman–Crippen MR) is 75.8 cm³/mol. The number of likely N-dealkylation sites (N-methyl/N-ethyl adjacent to an activating group) is 1. The minimum atomic E-state index is -0.418. The Hall–Kier alpha value is -1.11. The zero-order valence-corrected chi connectivity index (χ0v) is 12.1. The number of nitrogens with two attached hydrogens (primary N) is 1. The third-order valence-corrected chi connectivity index (χ3v) is 3.92. The highest BCUT2D eigenvalue weighted by atomic mass is 16.3. The van der Waals surface area contributed by atoms with Gasteiger partial charge in [-0.1, -0.05) is 0 Å². The molecule has 0 aromatic carbocycles. The number of hydrogen-bond donors (Lipinski definition) is 2. The lowest BCUT2D eigenvalue weighted by atomic mass is 9.99. The third-order valence-electron chi connectivity index (χ3n) is 3.92. The van der Waals surface area contributed by atoms with Crippen LogP contribution in [0.2, 0.25) is 0 Å². The van der Waals surface area contributed by atoms with Crippen LogP contribution >= 0.6 is 0 Å². The normalized spacial score (nSPS) is 22.5. The third kappa shape index (κ3) is 3.68. The van der Waals surface area contributed by atoms with Gasteiger partial charge in [0.15, 0.2) is 0 Å². The van der Waals surface area contributed by atoms with Gasteiger partial charge in [-0.15, -0.1) is 0 Å². The fourth-order valence-corrected chi connectivity index (χ4v) is 2.55. The zero-order valence-electron chi connectivity index (χ0n) is 12.1. The summed E-state index contributed by atoms with van der Waals surface area (Å²) in [6.45, 7) is 8.65. The number of rotatable bonds is 4. The Labute approximate surface area is 114 Å². The van der Waals surface area contributed by atoms with Crippen LogP contribution in [0.5, 0.6) is 0 Å². The molecule has 6 nitrogen and oxygen atoms in total. The highest BCUT2D eigenvalue weighted by Crippen LogP contribution is 2.18. The quantitative estimate of drug-likeness (QED) is 0.794. The number of nitrogens with zero attached hydrogens (tertiary/aromatic N) is 4. The second-order valence-corrected chi connectivity index (χ2v) is 6.12. The molecule has 6 heteroatoms. The van der Waals surface area contributed by atoms with E-state index in [1.165, 1.54) is 0 Å². The van der Waals surface area contributed by atoms with E-state index in [4.69, 9.17) is 5.73 Å². The van der Waals surface area contributed by atoms with Gasteiger partial charge >= 0.3 is 0 Å². The molecule has 2 rings (SSSR count). The number of hydrogen-bond acceptors (Lipinski definition) is 5. The van der Waals surface area contributed by atoms with Crippen LogP contribution in [-0.4, -0.2) is 69.6 Å². The number of piperazine rings is 1. The van der Waals surface area contributed by atoms with Gasteiger partial charge < -0.3 is 10.8 Å². The van der Waals surface area contributed by atoms with Crippen molar-refractivity contribution in [3.63, 3.8) is 0 Å². The summed E-state index contributed by atoms with van der Waals surface area (Å²) in [5, 5.41) is 14.2. The lowest BCUT2D eigenvalue weighted by Gasteiger charge is -2.45. The van der Waals surface area contributed by atoms with Gasteiger partial charge in [0.1, 0.15) is 0 Å². The summed E-state index contributed by atoms with van der Waals surface area (Å²) in [4.78, 5) is 4.68. The summed E-state index contributed by atoms with van der Waals surface area (Å²) in [5.41, 5.74) is 6.40. The summed E-state index contributed by atoms with van der Waals surface area (Å²) in [6.07, 6.45) is 2.93. The van der Waals surface area contributed by atoms with Gasteiger partial charge in [0.05, 0.1) is 24.5 Å². The van der Waals surface area contributed by atoms with Crippen LogP contribution in [0, 0.1) is 0 Å². The van der Waals surface area contributed by atoms with Crippen LogP contribution in [-0.2, 0) is 6.54 Å². The fraction of sp³-hybridized carbons (Fsp3) is 0.769. The van der Waals surface area contributed by atoms with Crippen molar-refractivity contribution in [1.82, 2.24) is 19.6 Å². The molecule has 3 N–H and O–H groups in total. The van der Waals surface area contributed by atoms with Gasteiger partial charge in [-0.25, -0.2) is 0 Å². The number of nitrogen functional groups attached to an aromatic ring is 1. The van der Waals surface area contributed by atoms with Crippen LogP contribution in [0.3, 0.4) is 0 Å². The van der Waals surface area contributed by atoms with Crippen LogP contribution in [0.15, 0.2) is 12.4 Å². The molecule has 19 heavy (non-hydrogen) atoms. The van der Waals surface area contributed by atoms with Gasteiger partial charge in [-0.2, -0.15) is 5.10 Å². The molecular formula is C13H25N5O. The zero-order chi connectivity index (χ0) is 14.0. The number of aliphatic hydroxyl groups is 1. The van der Waals surface area contributed by atoms with E-state index in [2.05, 4.69) is 35.8 Å². The van der Waals surface area contributed by atoms with Crippen molar-refractivity contribution in [2.45, 2.75) is 32.0 Å². The largest absolute Gasteiger partial charge is 0.396 e. The second-order valence-electron chi connectivity index (χ2n) is 6.12. The molecule has 108 valence electrons. The van der Waals surface area contributed by atoms with Crippen molar-refractivity contribution in [1.29, 1.82) is 0 Å². The smallest absolute Gasteiger partial charge is 0.0862 e. The fourth-order valence-electron chi connectivity index (χ4n) is 2.55. The molecule has 0 amide bonds. The Morgan fingerprint density at radius 3 is 2.74 bits per heavy atom. The first-order valence-corrected chi connectivity index (χ1v) is 6.76. The van der Waals surface area contributed by atoms with Gasteiger partial charge in [0.2, 0.25) is 0 Å². The number of anilines is 1. The summed E-state index contributed by atoms with van der Waals surface area (Å²) in [5.74, 6) is 0. The van der Waals surface area contributed by atoms with E-state index in [0.29, 0.717) is 18.8 Å². The van der Waals surface area contributed by atoms with E-state index in [1.807, 2.05) is 0 Å². The van der Waals surface area contributed by atoms with E-state index in [0.717, 1.165) is 19.6 Å². The average Bonchev–Trinajstić information content (AvgIpc) is 2.69. The number of aromatic nitrogens is 2. The first-order chi connectivity index (χ1) is 8.87. The first kappa shape index (κ1) is 14.3. The number of aliphatic hydroxyl groups excluding tert-OH is 1. The maximum atomic E-state index is 10.1. The maximum Gasteiger partial charge on any atom is 0.0862 e. The molecule has 1 unspecified atom stereocenters. The maximum absolute atomic E-state index is 10.1. The summed E-state index contributed by atoms with van der Waals surface area (Å²) >= 11 is 0. The van der Waals surface area contributed by atoms with E-state index in [1.54, 1.807) is 17.1 Å². The van der Waals surface area contributed by atoms with Gasteiger partial charge in [-0.3, -0.25) is 14.5 Å². The molecule has 1 saturated heterocycles. The van der Waals surface area contributed by atoms with Crippen LogP contribution < -0.4 is 5.73 Å². The molecule has 2 heterocycles. The van der Waals surface area contributed by atoms with Gasteiger partial charge in [0, 0.05) is 37.9 Å². The summed E-state index contributed by atoms with van der Waals surface area (Å²) < 4.78 is 1.70. The predicted octanol–water partition coefficient (Wildman–Crippen LogP) is -0.148. The monoisotopic (exact) mass is 267 g/mol. The molecule has 1 aliphatic rings. The van der Waals surface area contributed by atoms with Gasteiger partial charge in [0.25, 0.3) is 0 Å². The Bertz CT molecular complexity index is 417. The standard InChI is InChI=1S/C13H25N5O/c1-13(2)10-17(5-4-16(13)3)8-12(19)9-18-7-11(14)6-15-18/h6-7,12,19H,4-5,8-10,14H2,1-3H3. The SMILES string of the molecule is CN1CCN(CC(O)Cn2cc(N)cn2)CC1(C)C. The molecule has 0 spiro atoms.